The van der Waals surface area contributed by atoms with E-state index < -0.39 is 0 Å². The molecule has 4 nitrogen and oxygen atoms in total. The fourth-order valence-corrected chi connectivity index (χ4v) is 2.47. The third kappa shape index (κ3) is 4.31. The summed E-state index contributed by atoms with van der Waals surface area (Å²) in [5.74, 6) is 1.29. The minimum atomic E-state index is -0.115. The summed E-state index contributed by atoms with van der Waals surface area (Å²) in [6.45, 7) is 4.92. The van der Waals surface area contributed by atoms with Crippen LogP contribution in [0.1, 0.15) is 49.0 Å². The van der Waals surface area contributed by atoms with Crippen molar-refractivity contribution in [3.8, 4) is 5.75 Å². The predicted octanol–water partition coefficient (Wildman–Crippen LogP) is 2.75. The quantitative estimate of drug-likeness (QED) is 0.876. The standard InChI is InChI=1S/C17H23NO3/c1-12(2)9-10-18-17(20)11-21-16-8-4-5-13-14(16)6-3-7-15(13)19/h4-5,8,12H,3,6-7,9-11H2,1-2H3,(H,18,20). The molecule has 0 unspecified atom stereocenters. The van der Waals surface area contributed by atoms with Crippen molar-refractivity contribution in [1.82, 2.24) is 5.32 Å². The van der Waals surface area contributed by atoms with E-state index in [-0.39, 0.29) is 18.3 Å². The fourth-order valence-electron chi connectivity index (χ4n) is 2.47. The number of ketones is 1. The van der Waals surface area contributed by atoms with Crippen LogP contribution in [0.3, 0.4) is 0 Å². The zero-order valence-electron chi connectivity index (χ0n) is 12.8. The van der Waals surface area contributed by atoms with Gasteiger partial charge in [0, 0.05) is 24.1 Å². The summed E-state index contributed by atoms with van der Waals surface area (Å²) >= 11 is 0. The first-order valence-electron chi connectivity index (χ1n) is 7.62. The summed E-state index contributed by atoms with van der Waals surface area (Å²) in [5.41, 5.74) is 1.70. The summed E-state index contributed by atoms with van der Waals surface area (Å²) in [4.78, 5) is 23.6. The Morgan fingerprint density at radius 3 is 2.90 bits per heavy atom. The highest BCUT2D eigenvalue weighted by Crippen LogP contribution is 2.29. The molecule has 1 aliphatic rings. The van der Waals surface area contributed by atoms with Crippen LogP contribution in [0.4, 0.5) is 0 Å². The molecule has 0 radical (unpaired) electrons. The zero-order chi connectivity index (χ0) is 15.2. The Morgan fingerprint density at radius 1 is 1.33 bits per heavy atom. The van der Waals surface area contributed by atoms with Gasteiger partial charge in [-0.3, -0.25) is 9.59 Å². The number of amides is 1. The predicted molar refractivity (Wildman–Crippen MR) is 81.7 cm³/mol. The van der Waals surface area contributed by atoms with Crippen molar-refractivity contribution < 1.29 is 14.3 Å². The van der Waals surface area contributed by atoms with Crippen LogP contribution in [0.25, 0.3) is 0 Å². The second kappa shape index (κ2) is 7.25. The molecule has 2 rings (SSSR count). The lowest BCUT2D eigenvalue weighted by Crippen LogP contribution is -2.30. The van der Waals surface area contributed by atoms with E-state index in [1.54, 1.807) is 0 Å². The molecule has 1 aromatic rings. The normalized spacial score (nSPS) is 14.0. The Balaban J connectivity index is 1.90. The topological polar surface area (TPSA) is 55.4 Å². The lowest BCUT2D eigenvalue weighted by molar-refractivity contribution is -0.123. The maximum absolute atomic E-state index is 11.8. The highest BCUT2D eigenvalue weighted by molar-refractivity contribution is 5.99. The number of nitrogens with one attached hydrogen (secondary N) is 1. The number of Topliss-reactive ketones (excluding diaryl/α,β-unsaturated/α-hetero) is 1. The van der Waals surface area contributed by atoms with E-state index in [4.69, 9.17) is 4.74 Å². The van der Waals surface area contributed by atoms with Gasteiger partial charge < -0.3 is 10.1 Å². The largest absolute Gasteiger partial charge is 0.483 e. The van der Waals surface area contributed by atoms with Crippen LogP contribution in [0.5, 0.6) is 5.75 Å². The van der Waals surface area contributed by atoms with Gasteiger partial charge in [-0.2, -0.15) is 0 Å². The van der Waals surface area contributed by atoms with Gasteiger partial charge in [-0.05, 0) is 31.2 Å². The number of hydrogen-bond donors (Lipinski definition) is 1. The van der Waals surface area contributed by atoms with Gasteiger partial charge in [0.25, 0.3) is 5.91 Å². The number of carbonyl (C=O) groups is 2. The van der Waals surface area contributed by atoms with Gasteiger partial charge in [-0.15, -0.1) is 0 Å². The molecule has 0 saturated heterocycles. The molecular formula is C17H23NO3. The van der Waals surface area contributed by atoms with Crippen molar-refractivity contribution >= 4 is 11.7 Å². The molecule has 0 fully saturated rings. The second-order valence-corrected chi connectivity index (χ2v) is 5.88. The summed E-state index contributed by atoms with van der Waals surface area (Å²) in [6.07, 6.45) is 3.26. The van der Waals surface area contributed by atoms with E-state index >= 15 is 0 Å². The van der Waals surface area contributed by atoms with E-state index in [2.05, 4.69) is 19.2 Å². The third-order valence-corrected chi connectivity index (χ3v) is 3.67. The van der Waals surface area contributed by atoms with Crippen molar-refractivity contribution in [2.45, 2.75) is 39.5 Å². The minimum absolute atomic E-state index is 0.00272. The highest BCUT2D eigenvalue weighted by Gasteiger charge is 2.20. The van der Waals surface area contributed by atoms with E-state index in [9.17, 15) is 9.59 Å². The third-order valence-electron chi connectivity index (χ3n) is 3.67. The second-order valence-electron chi connectivity index (χ2n) is 5.88. The molecule has 1 aromatic carbocycles. The Bertz CT molecular complexity index is 523. The number of ether oxygens (including phenoxy) is 1. The molecule has 0 saturated carbocycles. The lowest BCUT2D eigenvalue weighted by Gasteiger charge is -2.18. The number of rotatable bonds is 6. The Hall–Kier alpha value is -1.84. The van der Waals surface area contributed by atoms with Gasteiger partial charge in [-0.25, -0.2) is 0 Å². The highest BCUT2D eigenvalue weighted by atomic mass is 16.5. The molecule has 0 heterocycles. The number of fused-ring (bicyclic) bond motifs is 1. The summed E-state index contributed by atoms with van der Waals surface area (Å²) in [7, 11) is 0. The molecule has 114 valence electrons. The summed E-state index contributed by atoms with van der Waals surface area (Å²) < 4.78 is 5.61. The van der Waals surface area contributed by atoms with Crippen molar-refractivity contribution in [3.63, 3.8) is 0 Å². The molecule has 4 heteroatoms. The molecule has 0 aliphatic heterocycles. The number of benzene rings is 1. The molecule has 0 bridgehead atoms. The van der Waals surface area contributed by atoms with Gasteiger partial charge >= 0.3 is 0 Å². The van der Waals surface area contributed by atoms with Crippen molar-refractivity contribution in [2.24, 2.45) is 5.92 Å². The first kappa shape index (κ1) is 15.5. The molecule has 0 aromatic heterocycles. The molecule has 21 heavy (non-hydrogen) atoms. The monoisotopic (exact) mass is 289 g/mol. The molecule has 1 N–H and O–H groups in total. The van der Waals surface area contributed by atoms with Crippen LogP contribution in [0.2, 0.25) is 0 Å². The number of hydrogen-bond acceptors (Lipinski definition) is 3. The van der Waals surface area contributed by atoms with Crippen LogP contribution in [0, 0.1) is 5.92 Å². The van der Waals surface area contributed by atoms with E-state index in [0.29, 0.717) is 24.6 Å². The number of carbonyl (C=O) groups excluding carboxylic acids is 2. The van der Waals surface area contributed by atoms with Crippen LogP contribution in [0.15, 0.2) is 18.2 Å². The maximum Gasteiger partial charge on any atom is 0.257 e. The van der Waals surface area contributed by atoms with Crippen LogP contribution in [-0.4, -0.2) is 24.8 Å². The van der Waals surface area contributed by atoms with Crippen LogP contribution < -0.4 is 10.1 Å². The molecule has 1 aliphatic carbocycles. The van der Waals surface area contributed by atoms with Gasteiger partial charge in [-0.1, -0.05) is 26.0 Å². The molecule has 0 spiro atoms. The molecule has 1 amide bonds. The first-order valence-corrected chi connectivity index (χ1v) is 7.62. The van der Waals surface area contributed by atoms with Crippen molar-refractivity contribution in [3.05, 3.63) is 29.3 Å². The van der Waals surface area contributed by atoms with Crippen LogP contribution >= 0.6 is 0 Å². The molecule has 0 atom stereocenters. The van der Waals surface area contributed by atoms with E-state index in [0.717, 1.165) is 30.4 Å². The van der Waals surface area contributed by atoms with Gasteiger partial charge in [0.2, 0.25) is 0 Å². The summed E-state index contributed by atoms with van der Waals surface area (Å²) in [5, 5.41) is 2.84. The van der Waals surface area contributed by atoms with Crippen molar-refractivity contribution in [2.75, 3.05) is 13.2 Å². The van der Waals surface area contributed by atoms with E-state index in [1.807, 2.05) is 18.2 Å². The summed E-state index contributed by atoms with van der Waals surface area (Å²) in [6, 6.07) is 5.49. The SMILES string of the molecule is CC(C)CCNC(=O)COc1cccc2c1CCCC2=O. The Morgan fingerprint density at radius 2 is 2.14 bits per heavy atom. The molecular weight excluding hydrogens is 266 g/mol. The van der Waals surface area contributed by atoms with E-state index in [1.165, 1.54) is 0 Å². The fraction of sp³-hybridized carbons (Fsp3) is 0.529. The minimum Gasteiger partial charge on any atom is -0.483 e. The Kier molecular flexibility index (Phi) is 5.37. The van der Waals surface area contributed by atoms with Gasteiger partial charge in [0.1, 0.15) is 5.75 Å². The van der Waals surface area contributed by atoms with Crippen LogP contribution in [-0.2, 0) is 11.2 Å². The smallest absolute Gasteiger partial charge is 0.257 e. The van der Waals surface area contributed by atoms with Gasteiger partial charge in [0.15, 0.2) is 12.4 Å². The average Bonchev–Trinajstić information content (AvgIpc) is 2.45. The first-order chi connectivity index (χ1) is 10.1. The van der Waals surface area contributed by atoms with Crippen molar-refractivity contribution in [1.29, 1.82) is 0 Å². The maximum atomic E-state index is 11.8. The van der Waals surface area contributed by atoms with Gasteiger partial charge in [0.05, 0.1) is 0 Å². The lowest BCUT2D eigenvalue weighted by atomic mass is 9.90. The zero-order valence-corrected chi connectivity index (χ0v) is 12.8. The Labute approximate surface area is 125 Å². The average molecular weight is 289 g/mol.